The van der Waals surface area contributed by atoms with Gasteiger partial charge in [-0.2, -0.15) is 0 Å². The van der Waals surface area contributed by atoms with Crippen molar-refractivity contribution in [2.75, 3.05) is 0 Å². The fraction of sp³-hybridized carbons (Fsp3) is 0.750. The summed E-state index contributed by atoms with van der Waals surface area (Å²) in [5.74, 6) is -0.598. The fourth-order valence-corrected chi connectivity index (χ4v) is 2.14. The smallest absolute Gasteiger partial charge is 0.408 e. The second-order valence-electron chi connectivity index (χ2n) is 3.68. The number of aliphatic carboxylic acids is 1. The van der Waals surface area contributed by atoms with E-state index in [9.17, 15) is 9.59 Å². The number of fused-ring (bicyclic) bond motifs is 1. The average molecular weight is 185 g/mol. The van der Waals surface area contributed by atoms with Gasteiger partial charge in [-0.25, -0.2) is 9.59 Å². The van der Waals surface area contributed by atoms with Gasteiger partial charge < -0.3 is 10.2 Å². The van der Waals surface area contributed by atoms with E-state index in [-0.39, 0.29) is 6.04 Å². The molecule has 1 saturated heterocycles. The maximum atomic E-state index is 10.8. The molecular weight excluding hydrogens is 174 g/mol. The number of likely N-dealkylation sites (tertiary alicyclic amines) is 1. The van der Waals surface area contributed by atoms with Crippen LogP contribution in [0.1, 0.15) is 19.3 Å². The van der Waals surface area contributed by atoms with Crippen LogP contribution in [0.25, 0.3) is 0 Å². The minimum absolute atomic E-state index is 0.0210. The SMILES string of the molecule is O=C(O)C1CCC2CC2N1C(=O)O. The summed E-state index contributed by atoms with van der Waals surface area (Å²) in [7, 11) is 0. The van der Waals surface area contributed by atoms with Crippen molar-refractivity contribution in [2.45, 2.75) is 31.3 Å². The highest BCUT2D eigenvalue weighted by molar-refractivity contribution is 5.80. The molecule has 1 heterocycles. The van der Waals surface area contributed by atoms with Crippen molar-refractivity contribution in [3.05, 3.63) is 0 Å². The summed E-state index contributed by atoms with van der Waals surface area (Å²) in [4.78, 5) is 22.6. The fourth-order valence-electron chi connectivity index (χ4n) is 2.14. The van der Waals surface area contributed by atoms with Crippen LogP contribution in [0.5, 0.6) is 0 Å². The topological polar surface area (TPSA) is 77.8 Å². The number of amides is 1. The number of piperidine rings is 1. The summed E-state index contributed by atoms with van der Waals surface area (Å²) < 4.78 is 0. The Labute approximate surface area is 75.0 Å². The Kier molecular flexibility index (Phi) is 1.68. The standard InChI is InChI=1S/C8H11NO4/c10-7(11)5-2-1-4-3-6(4)9(5)8(12)13/h4-6H,1-3H2,(H,10,11)(H,12,13). The highest BCUT2D eigenvalue weighted by Crippen LogP contribution is 2.45. The van der Waals surface area contributed by atoms with Gasteiger partial charge in [-0.15, -0.1) is 0 Å². The number of hydrogen-bond acceptors (Lipinski definition) is 2. The van der Waals surface area contributed by atoms with Gasteiger partial charge in [0.25, 0.3) is 0 Å². The number of nitrogens with zero attached hydrogens (tertiary/aromatic N) is 1. The molecule has 1 amide bonds. The lowest BCUT2D eigenvalue weighted by molar-refractivity contribution is -0.143. The molecule has 2 fully saturated rings. The van der Waals surface area contributed by atoms with Crippen LogP contribution in [0.3, 0.4) is 0 Å². The van der Waals surface area contributed by atoms with Crippen molar-refractivity contribution in [3.8, 4) is 0 Å². The van der Waals surface area contributed by atoms with Crippen molar-refractivity contribution in [1.29, 1.82) is 0 Å². The number of carboxylic acids is 1. The summed E-state index contributed by atoms with van der Waals surface area (Å²) in [6, 6.07) is -0.839. The van der Waals surface area contributed by atoms with Gasteiger partial charge in [0.1, 0.15) is 6.04 Å². The quantitative estimate of drug-likeness (QED) is 0.627. The maximum absolute atomic E-state index is 10.8. The molecule has 1 aliphatic carbocycles. The summed E-state index contributed by atoms with van der Waals surface area (Å²) in [5, 5.41) is 17.6. The molecule has 0 bridgehead atoms. The predicted octanol–water partition coefficient (Wildman–Crippen LogP) is 0.602. The number of rotatable bonds is 1. The highest BCUT2D eigenvalue weighted by atomic mass is 16.4. The third kappa shape index (κ3) is 1.24. The molecule has 5 heteroatoms. The minimum Gasteiger partial charge on any atom is -0.480 e. The Morgan fingerprint density at radius 2 is 1.92 bits per heavy atom. The van der Waals surface area contributed by atoms with E-state index in [2.05, 4.69) is 0 Å². The molecule has 2 aliphatic rings. The molecule has 1 saturated carbocycles. The Morgan fingerprint density at radius 3 is 2.46 bits per heavy atom. The summed E-state index contributed by atoms with van der Waals surface area (Å²) in [6.45, 7) is 0. The molecule has 5 nitrogen and oxygen atoms in total. The van der Waals surface area contributed by atoms with E-state index >= 15 is 0 Å². The zero-order chi connectivity index (χ0) is 9.59. The summed E-state index contributed by atoms with van der Waals surface area (Å²) >= 11 is 0. The van der Waals surface area contributed by atoms with Crippen LogP contribution in [0.15, 0.2) is 0 Å². The molecule has 1 aliphatic heterocycles. The molecular formula is C8H11NO4. The molecule has 13 heavy (non-hydrogen) atoms. The van der Waals surface area contributed by atoms with Crippen LogP contribution >= 0.6 is 0 Å². The van der Waals surface area contributed by atoms with E-state index in [1.807, 2.05) is 0 Å². The first kappa shape index (κ1) is 8.34. The zero-order valence-corrected chi connectivity index (χ0v) is 7.01. The predicted molar refractivity (Wildman–Crippen MR) is 42.4 cm³/mol. The second-order valence-corrected chi connectivity index (χ2v) is 3.68. The molecule has 3 atom stereocenters. The van der Waals surface area contributed by atoms with E-state index < -0.39 is 18.1 Å². The Balaban J connectivity index is 2.16. The van der Waals surface area contributed by atoms with E-state index in [0.717, 1.165) is 17.7 Å². The Hall–Kier alpha value is -1.26. The number of hydrogen-bond donors (Lipinski definition) is 2. The molecule has 2 N–H and O–H groups in total. The molecule has 2 rings (SSSR count). The monoisotopic (exact) mass is 185 g/mol. The van der Waals surface area contributed by atoms with Crippen molar-refractivity contribution in [1.82, 2.24) is 4.90 Å². The van der Waals surface area contributed by atoms with Gasteiger partial charge in [-0.1, -0.05) is 0 Å². The highest BCUT2D eigenvalue weighted by Gasteiger charge is 2.52. The molecule has 0 radical (unpaired) electrons. The second kappa shape index (κ2) is 2.61. The average Bonchev–Trinajstić information content (AvgIpc) is 2.79. The van der Waals surface area contributed by atoms with Crippen LogP contribution in [-0.2, 0) is 4.79 Å². The number of carbonyl (C=O) groups is 2. The van der Waals surface area contributed by atoms with Crippen molar-refractivity contribution in [3.63, 3.8) is 0 Å². The van der Waals surface area contributed by atoms with Gasteiger partial charge in [-0.05, 0) is 25.2 Å². The first-order valence-corrected chi connectivity index (χ1v) is 4.35. The van der Waals surface area contributed by atoms with E-state index in [0.29, 0.717) is 12.3 Å². The first-order valence-electron chi connectivity index (χ1n) is 4.35. The van der Waals surface area contributed by atoms with E-state index in [1.165, 1.54) is 0 Å². The molecule has 0 aromatic rings. The van der Waals surface area contributed by atoms with Gasteiger partial charge in [0.15, 0.2) is 0 Å². The first-order chi connectivity index (χ1) is 6.11. The van der Waals surface area contributed by atoms with Gasteiger partial charge in [-0.3, -0.25) is 4.90 Å². The van der Waals surface area contributed by atoms with Crippen LogP contribution in [0.4, 0.5) is 4.79 Å². The molecule has 0 aromatic heterocycles. The van der Waals surface area contributed by atoms with Crippen LogP contribution < -0.4 is 0 Å². The van der Waals surface area contributed by atoms with Gasteiger partial charge in [0.05, 0.1) is 0 Å². The lowest BCUT2D eigenvalue weighted by Gasteiger charge is -2.30. The van der Waals surface area contributed by atoms with Gasteiger partial charge in [0, 0.05) is 6.04 Å². The zero-order valence-electron chi connectivity index (χ0n) is 7.01. The van der Waals surface area contributed by atoms with Gasteiger partial charge in [0.2, 0.25) is 0 Å². The largest absolute Gasteiger partial charge is 0.480 e. The van der Waals surface area contributed by atoms with Crippen LogP contribution in [-0.4, -0.2) is 39.3 Å². The number of carboxylic acid groups (broad SMARTS) is 2. The van der Waals surface area contributed by atoms with Crippen molar-refractivity contribution < 1.29 is 19.8 Å². The molecule has 0 aromatic carbocycles. The lowest BCUT2D eigenvalue weighted by Crippen LogP contribution is -2.48. The molecule has 3 unspecified atom stereocenters. The van der Waals surface area contributed by atoms with Crippen molar-refractivity contribution >= 4 is 12.1 Å². The normalized spacial score (nSPS) is 36.6. The van der Waals surface area contributed by atoms with E-state index in [4.69, 9.17) is 10.2 Å². The third-order valence-electron chi connectivity index (χ3n) is 2.90. The summed E-state index contributed by atoms with van der Waals surface area (Å²) in [5.41, 5.74) is 0. The Morgan fingerprint density at radius 1 is 1.23 bits per heavy atom. The van der Waals surface area contributed by atoms with Crippen LogP contribution in [0.2, 0.25) is 0 Å². The third-order valence-corrected chi connectivity index (χ3v) is 2.90. The summed E-state index contributed by atoms with van der Waals surface area (Å²) in [6.07, 6.45) is 1.06. The molecule has 0 spiro atoms. The van der Waals surface area contributed by atoms with Crippen LogP contribution in [0, 0.1) is 5.92 Å². The minimum atomic E-state index is -1.10. The molecule has 72 valence electrons. The van der Waals surface area contributed by atoms with E-state index in [1.54, 1.807) is 0 Å². The lowest BCUT2D eigenvalue weighted by atomic mass is 10.0. The Bertz CT molecular complexity index is 265. The maximum Gasteiger partial charge on any atom is 0.408 e. The van der Waals surface area contributed by atoms with Crippen molar-refractivity contribution in [2.24, 2.45) is 5.92 Å². The van der Waals surface area contributed by atoms with Gasteiger partial charge >= 0.3 is 12.1 Å².